The third kappa shape index (κ3) is 4.45. The van der Waals surface area contributed by atoms with Gasteiger partial charge in [0.05, 0.1) is 28.5 Å². The van der Waals surface area contributed by atoms with Gasteiger partial charge >= 0.3 is 0 Å². The lowest BCUT2D eigenvalue weighted by Gasteiger charge is -2.23. The van der Waals surface area contributed by atoms with Crippen LogP contribution in [0.3, 0.4) is 0 Å². The molecule has 7 nitrogen and oxygen atoms in total. The molecule has 156 valence electrons. The van der Waals surface area contributed by atoms with Crippen molar-refractivity contribution < 1.29 is 14.0 Å². The van der Waals surface area contributed by atoms with Crippen molar-refractivity contribution in [1.82, 2.24) is 15.2 Å². The van der Waals surface area contributed by atoms with Crippen molar-refractivity contribution in [2.45, 2.75) is 25.4 Å². The third-order valence-electron chi connectivity index (χ3n) is 4.75. The Labute approximate surface area is 187 Å². The number of anilines is 2. The monoisotopic (exact) mass is 464 g/mol. The molecule has 1 aliphatic heterocycles. The lowest BCUT2D eigenvalue weighted by molar-refractivity contribution is -0.125. The van der Waals surface area contributed by atoms with Crippen molar-refractivity contribution in [1.29, 1.82) is 0 Å². The number of hydrogen-bond donors (Lipinski definition) is 2. The number of aromatic nitrogens is 1. The average Bonchev–Trinajstić information content (AvgIpc) is 3.51. The molecule has 0 aliphatic carbocycles. The number of furan rings is 1. The first-order valence-corrected chi connectivity index (χ1v) is 10.9. The molecule has 0 spiro atoms. The van der Waals surface area contributed by atoms with Crippen LogP contribution in [0.5, 0.6) is 0 Å². The van der Waals surface area contributed by atoms with E-state index in [0.29, 0.717) is 39.6 Å². The van der Waals surface area contributed by atoms with E-state index < -0.39 is 6.04 Å². The van der Waals surface area contributed by atoms with Gasteiger partial charge in [-0.25, -0.2) is 4.98 Å². The van der Waals surface area contributed by atoms with Crippen molar-refractivity contribution in [2.24, 2.45) is 0 Å². The van der Waals surface area contributed by atoms with E-state index in [-0.39, 0.29) is 24.1 Å². The number of thiazole rings is 1. The largest absolute Gasteiger partial charge is 0.467 e. The van der Waals surface area contributed by atoms with E-state index in [1.807, 2.05) is 0 Å². The van der Waals surface area contributed by atoms with Crippen molar-refractivity contribution in [2.75, 3.05) is 11.9 Å². The normalized spacial score (nSPS) is 15.9. The topological polar surface area (TPSA) is 87.5 Å². The molecule has 4 rings (SSSR count). The lowest BCUT2D eigenvalue weighted by Crippen LogP contribution is -2.45. The lowest BCUT2D eigenvalue weighted by atomic mass is 10.2. The minimum absolute atomic E-state index is 0.198. The number of rotatable bonds is 6. The van der Waals surface area contributed by atoms with E-state index in [1.165, 1.54) is 11.3 Å². The number of benzene rings is 1. The molecule has 0 radical (unpaired) electrons. The van der Waals surface area contributed by atoms with Crippen molar-refractivity contribution in [3.8, 4) is 0 Å². The second-order valence-corrected chi connectivity index (χ2v) is 8.36. The smallest absolute Gasteiger partial charge is 0.274 e. The zero-order chi connectivity index (χ0) is 21.1. The van der Waals surface area contributed by atoms with Gasteiger partial charge in [-0.1, -0.05) is 29.3 Å². The van der Waals surface area contributed by atoms with E-state index in [1.54, 1.807) is 46.9 Å². The summed E-state index contributed by atoms with van der Waals surface area (Å²) in [4.78, 5) is 31.5. The van der Waals surface area contributed by atoms with Gasteiger partial charge in [0.2, 0.25) is 5.91 Å². The van der Waals surface area contributed by atoms with Gasteiger partial charge in [0, 0.05) is 11.9 Å². The van der Waals surface area contributed by atoms with Gasteiger partial charge in [-0.15, -0.1) is 11.3 Å². The Hall–Kier alpha value is -2.55. The van der Waals surface area contributed by atoms with Gasteiger partial charge in [0.15, 0.2) is 5.13 Å². The van der Waals surface area contributed by atoms with Crippen LogP contribution < -0.4 is 10.6 Å². The first kappa shape index (κ1) is 20.7. The van der Waals surface area contributed by atoms with Crippen LogP contribution in [0.1, 0.15) is 29.1 Å². The van der Waals surface area contributed by atoms with Gasteiger partial charge in [-0.3, -0.25) is 9.59 Å². The molecule has 30 heavy (non-hydrogen) atoms. The molecule has 2 amide bonds. The van der Waals surface area contributed by atoms with E-state index in [9.17, 15) is 9.59 Å². The van der Waals surface area contributed by atoms with Crippen LogP contribution in [0.15, 0.2) is 46.4 Å². The van der Waals surface area contributed by atoms with Crippen LogP contribution >= 0.6 is 34.5 Å². The quantitative estimate of drug-likeness (QED) is 0.551. The van der Waals surface area contributed by atoms with E-state index in [4.69, 9.17) is 27.6 Å². The number of hydrogen-bond acceptors (Lipinski definition) is 6. The molecule has 2 aromatic heterocycles. The summed E-state index contributed by atoms with van der Waals surface area (Å²) in [5.74, 6) is 0.192. The van der Waals surface area contributed by atoms with Crippen molar-refractivity contribution in [3.63, 3.8) is 0 Å². The molecule has 1 aromatic carbocycles. The molecule has 1 atom stereocenters. The first-order valence-electron chi connectivity index (χ1n) is 9.30. The van der Waals surface area contributed by atoms with Gasteiger partial charge < -0.3 is 20.0 Å². The predicted octanol–water partition coefficient (Wildman–Crippen LogP) is 4.71. The van der Waals surface area contributed by atoms with Gasteiger partial charge in [-0.05, 0) is 37.1 Å². The average molecular weight is 465 g/mol. The number of carbonyl (C=O) groups excluding carboxylic acids is 2. The highest BCUT2D eigenvalue weighted by Gasteiger charge is 2.35. The molecular formula is C20H18Cl2N4O3S. The Kier molecular flexibility index (Phi) is 6.26. The fourth-order valence-electron chi connectivity index (χ4n) is 3.28. The maximum Gasteiger partial charge on any atom is 0.274 e. The predicted molar refractivity (Wildman–Crippen MR) is 116 cm³/mol. The van der Waals surface area contributed by atoms with E-state index in [0.717, 1.165) is 6.42 Å². The maximum atomic E-state index is 13.0. The van der Waals surface area contributed by atoms with E-state index >= 15 is 0 Å². The number of amides is 2. The molecule has 1 fully saturated rings. The summed E-state index contributed by atoms with van der Waals surface area (Å²) in [6, 6.07) is 8.26. The Bertz CT molecular complexity index is 1050. The molecule has 1 aliphatic rings. The number of nitrogens with one attached hydrogen (secondary N) is 2. The Balaban J connectivity index is 1.42. The minimum Gasteiger partial charge on any atom is -0.467 e. The zero-order valence-corrected chi connectivity index (χ0v) is 18.1. The molecule has 0 bridgehead atoms. The number of nitrogens with zero attached hydrogens (tertiary/aromatic N) is 2. The standard InChI is InChI=1S/C20H18Cl2N4O3S/c21-13-5-1-6-14(17(13)22)24-20-25-15(11-30-20)19(28)26-8-2-7-16(26)18(27)23-10-12-4-3-9-29-12/h1,3-6,9,11,16H,2,7-8,10H2,(H,23,27)(H,24,25)/t16-/m0/s1. The summed E-state index contributed by atoms with van der Waals surface area (Å²) in [5.41, 5.74) is 0.889. The van der Waals surface area contributed by atoms with E-state index in [2.05, 4.69) is 15.6 Å². The molecular weight excluding hydrogens is 447 g/mol. The number of likely N-dealkylation sites (tertiary alicyclic amines) is 1. The molecule has 2 N–H and O–H groups in total. The highest BCUT2D eigenvalue weighted by molar-refractivity contribution is 7.14. The summed E-state index contributed by atoms with van der Waals surface area (Å²) in [6.45, 7) is 0.799. The molecule has 1 saturated heterocycles. The molecule has 0 saturated carbocycles. The fourth-order valence-corrected chi connectivity index (χ4v) is 4.32. The van der Waals surface area contributed by atoms with Crippen LogP contribution in [0.2, 0.25) is 10.0 Å². The fraction of sp³-hybridized carbons (Fsp3) is 0.250. The first-order chi connectivity index (χ1) is 14.5. The summed E-state index contributed by atoms with van der Waals surface area (Å²) in [5, 5.41) is 8.90. The summed E-state index contributed by atoms with van der Waals surface area (Å²) < 4.78 is 5.23. The second kappa shape index (κ2) is 9.07. The maximum absolute atomic E-state index is 13.0. The van der Waals surface area contributed by atoms with Crippen LogP contribution in [-0.4, -0.2) is 34.3 Å². The summed E-state index contributed by atoms with van der Waals surface area (Å²) >= 11 is 13.5. The minimum atomic E-state index is -0.520. The van der Waals surface area contributed by atoms with Crippen LogP contribution in [0.4, 0.5) is 10.8 Å². The van der Waals surface area contributed by atoms with Crippen molar-refractivity contribution >= 4 is 57.2 Å². The third-order valence-corrected chi connectivity index (χ3v) is 6.33. The van der Waals surface area contributed by atoms with Gasteiger partial charge in [0.1, 0.15) is 17.5 Å². The second-order valence-electron chi connectivity index (χ2n) is 6.72. The van der Waals surface area contributed by atoms with Crippen molar-refractivity contribution in [3.05, 3.63) is 63.5 Å². The highest BCUT2D eigenvalue weighted by Crippen LogP contribution is 2.33. The Morgan fingerprint density at radius 2 is 2.13 bits per heavy atom. The molecule has 3 aromatic rings. The van der Waals surface area contributed by atoms with Crippen LogP contribution in [0, 0.1) is 0 Å². The molecule has 0 unspecified atom stereocenters. The van der Waals surface area contributed by atoms with Gasteiger partial charge in [0.25, 0.3) is 5.91 Å². The summed E-state index contributed by atoms with van der Waals surface area (Å²) in [6.07, 6.45) is 2.93. The molecule has 3 heterocycles. The van der Waals surface area contributed by atoms with Crippen LogP contribution in [0.25, 0.3) is 0 Å². The summed E-state index contributed by atoms with van der Waals surface area (Å²) in [7, 11) is 0. The highest BCUT2D eigenvalue weighted by atomic mass is 35.5. The molecule has 10 heteroatoms. The number of halogens is 2. The zero-order valence-electron chi connectivity index (χ0n) is 15.7. The SMILES string of the molecule is O=C(NCc1ccco1)[C@@H]1CCCN1C(=O)c1csc(Nc2cccc(Cl)c2Cl)n1. The number of carbonyl (C=O) groups is 2. The van der Waals surface area contributed by atoms with Gasteiger partial charge in [-0.2, -0.15) is 0 Å². The Morgan fingerprint density at radius 1 is 1.27 bits per heavy atom. The van der Waals surface area contributed by atoms with Crippen LogP contribution in [-0.2, 0) is 11.3 Å². The Morgan fingerprint density at radius 3 is 2.93 bits per heavy atom.